The fourth-order valence-corrected chi connectivity index (χ4v) is 1.27. The zero-order valence-electron chi connectivity index (χ0n) is 9.63. The van der Waals surface area contributed by atoms with Gasteiger partial charge >= 0.3 is 5.97 Å². The third-order valence-corrected chi connectivity index (χ3v) is 2.09. The van der Waals surface area contributed by atoms with Gasteiger partial charge in [-0.3, -0.25) is 14.6 Å². The average Bonchev–Trinajstić information content (AvgIpc) is 2.38. The van der Waals surface area contributed by atoms with E-state index >= 15 is 0 Å². The maximum Gasteiger partial charge on any atom is 0.325 e. The van der Waals surface area contributed by atoms with Crippen LogP contribution >= 0.6 is 0 Å². The van der Waals surface area contributed by atoms with Crippen molar-refractivity contribution in [3.05, 3.63) is 42.7 Å². The summed E-state index contributed by atoms with van der Waals surface area (Å²) in [6.45, 7) is 3.73. The summed E-state index contributed by atoms with van der Waals surface area (Å²) in [5.74, 6) is -0.743. The van der Waals surface area contributed by atoms with Crippen LogP contribution in [0.15, 0.2) is 37.2 Å². The van der Waals surface area contributed by atoms with Crippen LogP contribution < -0.4 is 0 Å². The molecule has 5 heteroatoms. The molecule has 1 rings (SSSR count). The molecule has 90 valence electrons. The molecule has 5 nitrogen and oxygen atoms in total. The van der Waals surface area contributed by atoms with Crippen LogP contribution in [-0.2, 0) is 9.53 Å². The Morgan fingerprint density at radius 2 is 2.35 bits per heavy atom. The second-order valence-electron chi connectivity index (χ2n) is 3.29. The van der Waals surface area contributed by atoms with Gasteiger partial charge < -0.3 is 9.64 Å². The van der Waals surface area contributed by atoms with Crippen molar-refractivity contribution in [2.24, 2.45) is 0 Å². The summed E-state index contributed by atoms with van der Waals surface area (Å²) in [6, 6.07) is 3.31. The Balaban J connectivity index is 2.80. The van der Waals surface area contributed by atoms with Gasteiger partial charge in [0.1, 0.15) is 6.54 Å². The molecule has 0 saturated carbocycles. The van der Waals surface area contributed by atoms with Crippen LogP contribution in [0.5, 0.6) is 0 Å². The summed E-state index contributed by atoms with van der Waals surface area (Å²) in [5.41, 5.74) is 0.429. The molecule has 0 aliphatic carbocycles. The molecule has 0 N–H and O–H groups in total. The number of amides is 1. The van der Waals surface area contributed by atoms with E-state index in [1.165, 1.54) is 18.2 Å². The monoisotopic (exact) mass is 234 g/mol. The first-order valence-electron chi connectivity index (χ1n) is 5.06. The van der Waals surface area contributed by atoms with Gasteiger partial charge in [-0.05, 0) is 12.1 Å². The number of rotatable bonds is 5. The molecule has 0 spiro atoms. The molecule has 0 unspecified atom stereocenters. The molecule has 17 heavy (non-hydrogen) atoms. The zero-order chi connectivity index (χ0) is 12.7. The molecule has 1 aromatic heterocycles. The Morgan fingerprint density at radius 3 is 2.88 bits per heavy atom. The lowest BCUT2D eigenvalue weighted by molar-refractivity contribution is -0.141. The van der Waals surface area contributed by atoms with E-state index in [0.717, 1.165) is 0 Å². The maximum absolute atomic E-state index is 12.0. The first kappa shape index (κ1) is 12.9. The number of esters is 1. The number of carbonyl (C=O) groups is 2. The molecular weight excluding hydrogens is 220 g/mol. The largest absolute Gasteiger partial charge is 0.468 e. The predicted molar refractivity (Wildman–Crippen MR) is 62.4 cm³/mol. The van der Waals surface area contributed by atoms with Gasteiger partial charge in [-0.2, -0.15) is 0 Å². The second-order valence-corrected chi connectivity index (χ2v) is 3.29. The van der Waals surface area contributed by atoms with Crippen LogP contribution in [0, 0.1) is 0 Å². The van der Waals surface area contributed by atoms with Gasteiger partial charge in [0.15, 0.2) is 0 Å². The maximum atomic E-state index is 12.0. The first-order valence-corrected chi connectivity index (χ1v) is 5.06. The summed E-state index contributed by atoms with van der Waals surface area (Å²) in [7, 11) is 1.28. The normalized spacial score (nSPS) is 9.47. The molecule has 0 atom stereocenters. The lowest BCUT2D eigenvalue weighted by Crippen LogP contribution is -2.36. The third kappa shape index (κ3) is 3.71. The van der Waals surface area contributed by atoms with E-state index < -0.39 is 5.97 Å². The molecule has 0 aliphatic heterocycles. The van der Waals surface area contributed by atoms with Gasteiger partial charge in [0, 0.05) is 18.9 Å². The number of pyridine rings is 1. The molecular formula is C12H14N2O3. The van der Waals surface area contributed by atoms with Gasteiger partial charge in [0.25, 0.3) is 5.91 Å². The number of methoxy groups -OCH3 is 1. The SMILES string of the molecule is C=CCN(CC(=O)OC)C(=O)c1cccnc1. The number of aromatic nitrogens is 1. The van der Waals surface area contributed by atoms with Crippen molar-refractivity contribution in [2.75, 3.05) is 20.2 Å². The fraction of sp³-hybridized carbons (Fsp3) is 0.250. The first-order chi connectivity index (χ1) is 8.19. The number of ether oxygens (including phenoxy) is 1. The highest BCUT2D eigenvalue weighted by Gasteiger charge is 2.17. The van der Waals surface area contributed by atoms with Crippen molar-refractivity contribution < 1.29 is 14.3 Å². The van der Waals surface area contributed by atoms with E-state index in [0.29, 0.717) is 5.56 Å². The summed E-state index contributed by atoms with van der Waals surface area (Å²) < 4.78 is 4.53. The number of nitrogens with zero attached hydrogens (tertiary/aromatic N) is 2. The summed E-state index contributed by atoms with van der Waals surface area (Å²) in [4.78, 5) is 28.4. The van der Waals surface area contributed by atoms with E-state index in [1.54, 1.807) is 24.4 Å². The van der Waals surface area contributed by atoms with Gasteiger partial charge in [-0.15, -0.1) is 6.58 Å². The van der Waals surface area contributed by atoms with E-state index in [1.807, 2.05) is 0 Å². The minimum Gasteiger partial charge on any atom is -0.468 e. The Labute approximate surface area is 99.7 Å². The standard InChI is InChI=1S/C12H14N2O3/c1-3-7-14(9-11(15)17-2)12(16)10-5-4-6-13-8-10/h3-6,8H,1,7,9H2,2H3. The molecule has 0 aromatic carbocycles. The fourth-order valence-electron chi connectivity index (χ4n) is 1.27. The van der Waals surface area contributed by atoms with Gasteiger partial charge in [0.05, 0.1) is 12.7 Å². The van der Waals surface area contributed by atoms with Gasteiger partial charge in [-0.25, -0.2) is 0 Å². The van der Waals surface area contributed by atoms with Crippen molar-refractivity contribution in [3.63, 3.8) is 0 Å². The van der Waals surface area contributed by atoms with Crippen LogP contribution in [0.2, 0.25) is 0 Å². The minimum absolute atomic E-state index is 0.101. The highest BCUT2D eigenvalue weighted by Crippen LogP contribution is 2.03. The summed E-state index contributed by atoms with van der Waals surface area (Å²) in [5, 5.41) is 0. The second kappa shape index (κ2) is 6.42. The topological polar surface area (TPSA) is 59.5 Å². The molecule has 0 aliphatic rings. The average molecular weight is 234 g/mol. The number of hydrogen-bond acceptors (Lipinski definition) is 4. The highest BCUT2D eigenvalue weighted by molar-refractivity contribution is 5.95. The van der Waals surface area contributed by atoms with Crippen LogP contribution in [-0.4, -0.2) is 42.0 Å². The minimum atomic E-state index is -0.468. The quantitative estimate of drug-likeness (QED) is 0.560. The van der Waals surface area contributed by atoms with Crippen molar-refractivity contribution in [3.8, 4) is 0 Å². The Kier molecular flexibility index (Phi) is 4.87. The van der Waals surface area contributed by atoms with Crippen molar-refractivity contribution in [1.82, 2.24) is 9.88 Å². The lowest BCUT2D eigenvalue weighted by atomic mass is 10.2. The van der Waals surface area contributed by atoms with Crippen LogP contribution in [0.1, 0.15) is 10.4 Å². The Bertz CT molecular complexity index is 403. The van der Waals surface area contributed by atoms with Crippen molar-refractivity contribution in [2.45, 2.75) is 0 Å². The molecule has 1 aromatic rings. The Hall–Kier alpha value is -2.17. The van der Waals surface area contributed by atoms with Crippen LogP contribution in [0.25, 0.3) is 0 Å². The zero-order valence-corrected chi connectivity index (χ0v) is 9.63. The third-order valence-electron chi connectivity index (χ3n) is 2.09. The Morgan fingerprint density at radius 1 is 1.59 bits per heavy atom. The van der Waals surface area contributed by atoms with Gasteiger partial charge in [0.2, 0.25) is 0 Å². The van der Waals surface area contributed by atoms with Crippen LogP contribution in [0.3, 0.4) is 0 Å². The molecule has 0 radical (unpaired) electrons. The van der Waals surface area contributed by atoms with E-state index in [4.69, 9.17) is 0 Å². The number of carbonyl (C=O) groups excluding carboxylic acids is 2. The van der Waals surface area contributed by atoms with E-state index in [9.17, 15) is 9.59 Å². The van der Waals surface area contributed by atoms with Gasteiger partial charge in [-0.1, -0.05) is 6.08 Å². The van der Waals surface area contributed by atoms with E-state index in [2.05, 4.69) is 16.3 Å². The van der Waals surface area contributed by atoms with Crippen molar-refractivity contribution >= 4 is 11.9 Å². The lowest BCUT2D eigenvalue weighted by Gasteiger charge is -2.19. The van der Waals surface area contributed by atoms with Crippen molar-refractivity contribution in [1.29, 1.82) is 0 Å². The molecule has 1 amide bonds. The van der Waals surface area contributed by atoms with E-state index in [-0.39, 0.29) is 19.0 Å². The van der Waals surface area contributed by atoms with Crippen LogP contribution in [0.4, 0.5) is 0 Å². The molecule has 0 fully saturated rings. The number of hydrogen-bond donors (Lipinski definition) is 0. The smallest absolute Gasteiger partial charge is 0.325 e. The predicted octanol–water partition coefficient (Wildman–Crippen LogP) is 0.883. The summed E-state index contributed by atoms with van der Waals surface area (Å²) in [6.07, 6.45) is 4.59. The molecule has 1 heterocycles. The summed E-state index contributed by atoms with van der Waals surface area (Å²) >= 11 is 0. The molecule has 0 saturated heterocycles. The highest BCUT2D eigenvalue weighted by atomic mass is 16.5. The molecule has 0 bridgehead atoms.